The molecule has 7 nitrogen and oxygen atoms in total. The lowest BCUT2D eigenvalue weighted by Gasteiger charge is -2.30. The van der Waals surface area contributed by atoms with Crippen molar-refractivity contribution in [1.82, 2.24) is 10.1 Å². The van der Waals surface area contributed by atoms with Gasteiger partial charge in [-0.15, -0.1) is 0 Å². The maximum Gasteiger partial charge on any atom is 0.233 e. The molecule has 1 amide bonds. The molecule has 0 N–H and O–H groups in total. The van der Waals surface area contributed by atoms with Gasteiger partial charge in [-0.05, 0) is 25.0 Å². The highest BCUT2D eigenvalue weighted by Crippen LogP contribution is 2.34. The van der Waals surface area contributed by atoms with E-state index in [-0.39, 0.29) is 30.3 Å². The molecule has 0 spiro atoms. The second-order valence-electron chi connectivity index (χ2n) is 8.40. The number of carbonyl (C=O) groups is 1. The molecule has 4 rings (SSSR count). The number of halogens is 1. The highest BCUT2D eigenvalue weighted by molar-refractivity contribution is 5.79. The summed E-state index contributed by atoms with van der Waals surface area (Å²) in [4.78, 5) is 16.9. The molecule has 31 heavy (non-hydrogen) atoms. The summed E-state index contributed by atoms with van der Waals surface area (Å²) in [6.07, 6.45) is 1.95. The Bertz CT molecular complexity index is 889. The van der Waals surface area contributed by atoms with Crippen molar-refractivity contribution in [1.29, 1.82) is 0 Å². The third kappa shape index (κ3) is 4.91. The third-order valence-electron chi connectivity index (χ3n) is 5.80. The lowest BCUT2D eigenvalue weighted by atomic mass is 10.0. The molecule has 0 saturated carbocycles. The Kier molecular flexibility index (Phi) is 6.87. The molecule has 1 atom stereocenters. The summed E-state index contributed by atoms with van der Waals surface area (Å²) in [6, 6.07) is 6.52. The number of morpholine rings is 1. The van der Waals surface area contributed by atoms with E-state index in [0.717, 1.165) is 25.0 Å². The van der Waals surface area contributed by atoms with Crippen LogP contribution in [-0.4, -0.2) is 61.5 Å². The second-order valence-corrected chi connectivity index (χ2v) is 8.40. The van der Waals surface area contributed by atoms with Gasteiger partial charge in [-0.2, -0.15) is 0 Å². The van der Waals surface area contributed by atoms with Gasteiger partial charge in [-0.1, -0.05) is 31.1 Å². The van der Waals surface area contributed by atoms with E-state index in [1.165, 1.54) is 6.07 Å². The predicted octanol–water partition coefficient (Wildman–Crippen LogP) is 3.48. The molecule has 2 saturated heterocycles. The van der Waals surface area contributed by atoms with Crippen LogP contribution in [0.1, 0.15) is 32.3 Å². The minimum absolute atomic E-state index is 0.0197. The first-order valence-electron chi connectivity index (χ1n) is 11.0. The Morgan fingerprint density at radius 2 is 2.03 bits per heavy atom. The Hall–Kier alpha value is -2.45. The van der Waals surface area contributed by atoms with Gasteiger partial charge in [-0.25, -0.2) is 4.39 Å². The van der Waals surface area contributed by atoms with Gasteiger partial charge in [0.2, 0.25) is 11.8 Å². The van der Waals surface area contributed by atoms with Gasteiger partial charge in [0.25, 0.3) is 0 Å². The molecule has 1 aromatic heterocycles. The molecule has 1 aromatic carbocycles. The van der Waals surface area contributed by atoms with E-state index in [4.69, 9.17) is 14.0 Å². The van der Waals surface area contributed by atoms with Gasteiger partial charge in [0, 0.05) is 37.7 Å². The number of aromatic nitrogens is 1. The summed E-state index contributed by atoms with van der Waals surface area (Å²) in [5, 5.41) is 4.24. The van der Waals surface area contributed by atoms with Crippen LogP contribution in [0.5, 0.6) is 0 Å². The summed E-state index contributed by atoms with van der Waals surface area (Å²) in [5.41, 5.74) is 1.53. The molecule has 2 aromatic rings. The van der Waals surface area contributed by atoms with E-state index in [9.17, 15) is 9.18 Å². The summed E-state index contributed by atoms with van der Waals surface area (Å²) in [6.45, 7) is 7.77. The van der Waals surface area contributed by atoms with E-state index >= 15 is 0 Å². The zero-order valence-corrected chi connectivity index (χ0v) is 18.2. The Balaban J connectivity index is 1.71. The summed E-state index contributed by atoms with van der Waals surface area (Å²) in [7, 11) is 0. The highest BCUT2D eigenvalue weighted by Gasteiger charge is 2.30. The summed E-state index contributed by atoms with van der Waals surface area (Å²) in [5.74, 6) is 0.0796. The maximum atomic E-state index is 14.6. The standard InChI is InChI=1S/C23H30FN3O4/c1-16(2)22(28)27(14-17-6-5-11-30-17)15-19-21(18-7-3-4-8-20(18)24)25-31-23(19)26-9-12-29-13-10-26/h3-4,7-8,16-17H,5-6,9-15H2,1-2H3/t17-/m1/s1. The molecule has 3 heterocycles. The number of carbonyl (C=O) groups excluding carboxylic acids is 1. The Labute approximate surface area is 182 Å². The van der Waals surface area contributed by atoms with Crippen molar-refractivity contribution in [2.45, 2.75) is 39.3 Å². The monoisotopic (exact) mass is 431 g/mol. The molecule has 8 heteroatoms. The average molecular weight is 432 g/mol. The SMILES string of the molecule is CC(C)C(=O)N(Cc1c(-c2ccccc2F)noc1N1CCOCC1)C[C@H]1CCCO1. The topological polar surface area (TPSA) is 68.0 Å². The van der Waals surface area contributed by atoms with E-state index in [1.807, 2.05) is 18.7 Å². The van der Waals surface area contributed by atoms with Crippen LogP contribution in [-0.2, 0) is 20.8 Å². The van der Waals surface area contributed by atoms with Crippen molar-refractivity contribution in [3.05, 3.63) is 35.6 Å². The van der Waals surface area contributed by atoms with Gasteiger partial charge in [0.15, 0.2) is 0 Å². The largest absolute Gasteiger partial charge is 0.378 e. The smallest absolute Gasteiger partial charge is 0.233 e. The number of anilines is 1. The van der Waals surface area contributed by atoms with Crippen LogP contribution in [0.2, 0.25) is 0 Å². The van der Waals surface area contributed by atoms with Crippen molar-refractivity contribution >= 4 is 11.8 Å². The Morgan fingerprint density at radius 3 is 2.71 bits per heavy atom. The molecule has 168 valence electrons. The fourth-order valence-electron chi connectivity index (χ4n) is 4.15. The first kappa shape index (κ1) is 21.8. The average Bonchev–Trinajstić information content (AvgIpc) is 3.44. The van der Waals surface area contributed by atoms with Crippen LogP contribution in [0.4, 0.5) is 10.3 Å². The molecule has 2 aliphatic heterocycles. The number of rotatable bonds is 7. The van der Waals surface area contributed by atoms with E-state index in [2.05, 4.69) is 10.1 Å². The van der Waals surface area contributed by atoms with Crippen molar-refractivity contribution in [3.63, 3.8) is 0 Å². The molecular weight excluding hydrogens is 401 g/mol. The molecule has 0 bridgehead atoms. The quantitative estimate of drug-likeness (QED) is 0.669. The van der Waals surface area contributed by atoms with Gasteiger partial charge in [0.1, 0.15) is 11.5 Å². The van der Waals surface area contributed by atoms with Crippen LogP contribution in [0.25, 0.3) is 11.3 Å². The number of amides is 1. The molecule has 0 unspecified atom stereocenters. The van der Waals surface area contributed by atoms with Crippen molar-refractivity contribution < 1.29 is 23.2 Å². The minimum atomic E-state index is -0.369. The zero-order valence-electron chi connectivity index (χ0n) is 18.2. The van der Waals surface area contributed by atoms with E-state index in [1.54, 1.807) is 18.2 Å². The lowest BCUT2D eigenvalue weighted by Crippen LogP contribution is -2.40. The number of hydrogen-bond acceptors (Lipinski definition) is 6. The van der Waals surface area contributed by atoms with E-state index < -0.39 is 0 Å². The maximum absolute atomic E-state index is 14.6. The van der Waals surface area contributed by atoms with Crippen LogP contribution >= 0.6 is 0 Å². The molecule has 2 fully saturated rings. The predicted molar refractivity (Wildman–Crippen MR) is 114 cm³/mol. The van der Waals surface area contributed by atoms with Gasteiger partial charge in [0.05, 0.1) is 31.4 Å². The number of ether oxygens (including phenoxy) is 2. The molecule has 0 aliphatic carbocycles. The number of nitrogens with zero attached hydrogens (tertiary/aromatic N) is 3. The molecular formula is C23H30FN3O4. The highest BCUT2D eigenvalue weighted by atomic mass is 19.1. The first-order valence-corrected chi connectivity index (χ1v) is 11.0. The zero-order chi connectivity index (χ0) is 21.8. The third-order valence-corrected chi connectivity index (χ3v) is 5.80. The minimum Gasteiger partial charge on any atom is -0.378 e. The second kappa shape index (κ2) is 9.78. The number of hydrogen-bond donors (Lipinski definition) is 0. The fraction of sp³-hybridized carbons (Fsp3) is 0.565. The van der Waals surface area contributed by atoms with Crippen molar-refractivity contribution in [3.8, 4) is 11.3 Å². The van der Waals surface area contributed by atoms with Crippen LogP contribution < -0.4 is 4.90 Å². The van der Waals surface area contributed by atoms with Crippen LogP contribution in [0.3, 0.4) is 0 Å². The van der Waals surface area contributed by atoms with Gasteiger partial charge < -0.3 is 23.8 Å². The summed E-state index contributed by atoms with van der Waals surface area (Å²) < 4.78 is 31.6. The molecule has 2 aliphatic rings. The van der Waals surface area contributed by atoms with E-state index in [0.29, 0.717) is 50.0 Å². The normalized spacial score (nSPS) is 19.2. The van der Waals surface area contributed by atoms with Crippen molar-refractivity contribution in [2.24, 2.45) is 5.92 Å². The molecule has 0 radical (unpaired) electrons. The van der Waals surface area contributed by atoms with Crippen molar-refractivity contribution in [2.75, 3.05) is 44.4 Å². The first-order chi connectivity index (χ1) is 15.0. The number of benzene rings is 1. The fourth-order valence-corrected chi connectivity index (χ4v) is 4.15. The van der Waals surface area contributed by atoms with Crippen LogP contribution in [0, 0.1) is 11.7 Å². The van der Waals surface area contributed by atoms with Gasteiger partial charge >= 0.3 is 0 Å². The van der Waals surface area contributed by atoms with Crippen LogP contribution in [0.15, 0.2) is 28.8 Å². The van der Waals surface area contributed by atoms with Gasteiger partial charge in [-0.3, -0.25) is 4.79 Å². The Morgan fingerprint density at radius 1 is 1.26 bits per heavy atom. The summed E-state index contributed by atoms with van der Waals surface area (Å²) >= 11 is 0. The lowest BCUT2D eigenvalue weighted by molar-refractivity contribution is -0.136.